The Labute approximate surface area is 155 Å². The molecule has 1 aliphatic rings. The van der Waals surface area contributed by atoms with E-state index in [4.69, 9.17) is 4.74 Å². The van der Waals surface area contributed by atoms with E-state index in [1.165, 1.54) is 23.1 Å². The second-order valence-corrected chi connectivity index (χ2v) is 6.27. The molecule has 0 radical (unpaired) electrons. The summed E-state index contributed by atoms with van der Waals surface area (Å²) in [6, 6.07) is 11.3. The van der Waals surface area contributed by atoms with Crippen LogP contribution in [0.1, 0.15) is 18.9 Å². The number of ether oxygens (including phenoxy) is 1. The summed E-state index contributed by atoms with van der Waals surface area (Å²) in [5.41, 5.74) is 1.65. The Morgan fingerprint density at radius 2 is 2.07 bits per heavy atom. The summed E-state index contributed by atoms with van der Waals surface area (Å²) in [6.07, 6.45) is -0.309. The SMILES string of the molecule is CCC1Oc2ccc([N+](=O)[O-])cc2N(CC(=O)Nc2cccc(C)c2)C1=O. The molecule has 140 valence electrons. The Bertz CT molecular complexity index is 912. The number of aryl methyl sites for hydroxylation is 1. The Balaban J connectivity index is 1.88. The maximum Gasteiger partial charge on any atom is 0.271 e. The number of benzene rings is 2. The van der Waals surface area contributed by atoms with Gasteiger partial charge in [0, 0.05) is 17.8 Å². The number of rotatable bonds is 5. The number of hydrogen-bond donors (Lipinski definition) is 1. The average Bonchev–Trinajstić information content (AvgIpc) is 2.63. The van der Waals surface area contributed by atoms with Gasteiger partial charge >= 0.3 is 0 Å². The van der Waals surface area contributed by atoms with E-state index in [2.05, 4.69) is 5.32 Å². The lowest BCUT2D eigenvalue weighted by atomic mass is 10.1. The second-order valence-electron chi connectivity index (χ2n) is 6.27. The number of carbonyl (C=O) groups is 2. The first-order valence-corrected chi connectivity index (χ1v) is 8.52. The maximum absolute atomic E-state index is 12.7. The van der Waals surface area contributed by atoms with Crippen LogP contribution in [-0.4, -0.2) is 29.4 Å². The van der Waals surface area contributed by atoms with Gasteiger partial charge in [-0.1, -0.05) is 19.1 Å². The highest BCUT2D eigenvalue weighted by molar-refractivity contribution is 6.06. The van der Waals surface area contributed by atoms with E-state index in [1.54, 1.807) is 13.0 Å². The van der Waals surface area contributed by atoms with E-state index in [0.717, 1.165) is 5.56 Å². The number of non-ortho nitro benzene ring substituents is 1. The van der Waals surface area contributed by atoms with Crippen molar-refractivity contribution in [3.05, 3.63) is 58.1 Å². The van der Waals surface area contributed by atoms with Gasteiger partial charge in [-0.3, -0.25) is 24.6 Å². The Hall–Kier alpha value is -3.42. The number of fused-ring (bicyclic) bond motifs is 1. The van der Waals surface area contributed by atoms with Crippen molar-refractivity contribution in [3.8, 4) is 5.75 Å². The lowest BCUT2D eigenvalue weighted by Crippen LogP contribution is -2.48. The van der Waals surface area contributed by atoms with Gasteiger partial charge in [0.05, 0.1) is 10.6 Å². The lowest BCUT2D eigenvalue weighted by molar-refractivity contribution is -0.384. The maximum atomic E-state index is 12.7. The number of carbonyl (C=O) groups excluding carboxylic acids is 2. The largest absolute Gasteiger partial charge is 0.478 e. The van der Waals surface area contributed by atoms with Gasteiger partial charge in [-0.15, -0.1) is 0 Å². The van der Waals surface area contributed by atoms with Crippen molar-refractivity contribution in [1.29, 1.82) is 0 Å². The fraction of sp³-hybridized carbons (Fsp3) is 0.263. The Morgan fingerprint density at radius 3 is 2.74 bits per heavy atom. The Kier molecular flexibility index (Phi) is 5.07. The first-order valence-electron chi connectivity index (χ1n) is 8.52. The molecule has 1 N–H and O–H groups in total. The number of anilines is 2. The topological polar surface area (TPSA) is 102 Å². The van der Waals surface area contributed by atoms with Crippen LogP contribution in [0.2, 0.25) is 0 Å². The van der Waals surface area contributed by atoms with Crippen LogP contribution in [0, 0.1) is 17.0 Å². The molecule has 0 bridgehead atoms. The molecule has 1 atom stereocenters. The molecule has 1 unspecified atom stereocenters. The van der Waals surface area contributed by atoms with Crippen LogP contribution in [0.25, 0.3) is 0 Å². The third-order valence-electron chi connectivity index (χ3n) is 4.23. The number of amides is 2. The first-order chi connectivity index (χ1) is 12.9. The van der Waals surface area contributed by atoms with Gasteiger partial charge in [0.2, 0.25) is 5.91 Å². The first kappa shape index (κ1) is 18.4. The molecule has 2 aromatic carbocycles. The summed E-state index contributed by atoms with van der Waals surface area (Å²) in [5, 5.41) is 13.8. The molecule has 8 heteroatoms. The summed E-state index contributed by atoms with van der Waals surface area (Å²) >= 11 is 0. The van der Waals surface area contributed by atoms with Crippen molar-refractivity contribution in [2.24, 2.45) is 0 Å². The fourth-order valence-electron chi connectivity index (χ4n) is 2.91. The summed E-state index contributed by atoms with van der Waals surface area (Å²) in [4.78, 5) is 36.9. The number of nitro benzene ring substituents is 1. The summed E-state index contributed by atoms with van der Waals surface area (Å²) in [7, 11) is 0. The van der Waals surface area contributed by atoms with Gasteiger partial charge in [-0.2, -0.15) is 0 Å². The zero-order valence-corrected chi connectivity index (χ0v) is 15.0. The van der Waals surface area contributed by atoms with Crippen molar-refractivity contribution in [2.45, 2.75) is 26.4 Å². The molecule has 2 amide bonds. The third kappa shape index (κ3) is 3.89. The second kappa shape index (κ2) is 7.45. The normalized spacial score (nSPS) is 15.7. The van der Waals surface area contributed by atoms with E-state index in [-0.39, 0.29) is 17.9 Å². The van der Waals surface area contributed by atoms with Crippen molar-refractivity contribution in [3.63, 3.8) is 0 Å². The van der Waals surface area contributed by atoms with Crippen LogP contribution in [0.15, 0.2) is 42.5 Å². The van der Waals surface area contributed by atoms with Gasteiger partial charge in [0.1, 0.15) is 12.3 Å². The van der Waals surface area contributed by atoms with Gasteiger partial charge in [-0.05, 0) is 37.1 Å². The summed E-state index contributed by atoms with van der Waals surface area (Å²) in [6.45, 7) is 3.44. The molecule has 1 aliphatic heterocycles. The third-order valence-corrected chi connectivity index (χ3v) is 4.23. The number of nitrogens with one attached hydrogen (secondary N) is 1. The molecular weight excluding hydrogens is 350 g/mol. The van der Waals surface area contributed by atoms with Gasteiger partial charge < -0.3 is 10.1 Å². The molecule has 27 heavy (non-hydrogen) atoms. The highest BCUT2D eigenvalue weighted by atomic mass is 16.6. The molecule has 0 spiro atoms. The van der Waals surface area contributed by atoms with Crippen LogP contribution in [0.3, 0.4) is 0 Å². The van der Waals surface area contributed by atoms with Crippen LogP contribution in [0.5, 0.6) is 5.75 Å². The molecule has 2 aromatic rings. The molecule has 0 saturated heterocycles. The van der Waals surface area contributed by atoms with E-state index >= 15 is 0 Å². The van der Waals surface area contributed by atoms with Crippen LogP contribution < -0.4 is 15.0 Å². The molecule has 1 heterocycles. The van der Waals surface area contributed by atoms with Gasteiger partial charge in [0.25, 0.3) is 11.6 Å². The minimum Gasteiger partial charge on any atom is -0.478 e. The monoisotopic (exact) mass is 369 g/mol. The molecule has 0 saturated carbocycles. The van der Waals surface area contributed by atoms with Crippen molar-refractivity contribution >= 4 is 28.9 Å². The van der Waals surface area contributed by atoms with E-state index in [9.17, 15) is 19.7 Å². The minimum absolute atomic E-state index is 0.177. The minimum atomic E-state index is -0.731. The molecule has 0 aromatic heterocycles. The molecule has 0 fully saturated rings. The van der Waals surface area contributed by atoms with Crippen LogP contribution >= 0.6 is 0 Å². The van der Waals surface area contributed by atoms with Crippen molar-refractivity contribution in [2.75, 3.05) is 16.8 Å². The Morgan fingerprint density at radius 1 is 1.30 bits per heavy atom. The standard InChI is InChI=1S/C19H19N3O5/c1-3-16-19(24)21(11-18(23)20-13-6-4-5-12(2)9-13)15-10-14(22(25)26)7-8-17(15)27-16/h4-10,16H,3,11H2,1-2H3,(H,20,23). The number of nitro groups is 1. The zero-order chi connectivity index (χ0) is 19.6. The average molecular weight is 369 g/mol. The predicted molar refractivity (Wildman–Crippen MR) is 100.0 cm³/mol. The highest BCUT2D eigenvalue weighted by Crippen LogP contribution is 2.37. The zero-order valence-electron chi connectivity index (χ0n) is 15.0. The fourth-order valence-corrected chi connectivity index (χ4v) is 2.91. The summed E-state index contributed by atoms with van der Waals surface area (Å²) in [5.74, 6) is -0.455. The molecular formula is C19H19N3O5. The number of nitrogens with zero attached hydrogens (tertiary/aromatic N) is 2. The smallest absolute Gasteiger partial charge is 0.271 e. The van der Waals surface area contributed by atoms with E-state index < -0.39 is 22.8 Å². The van der Waals surface area contributed by atoms with Crippen molar-refractivity contribution in [1.82, 2.24) is 0 Å². The molecule has 0 aliphatic carbocycles. The lowest BCUT2D eigenvalue weighted by Gasteiger charge is -2.33. The van der Waals surface area contributed by atoms with Gasteiger partial charge in [-0.25, -0.2) is 0 Å². The van der Waals surface area contributed by atoms with Crippen LogP contribution in [0.4, 0.5) is 17.1 Å². The van der Waals surface area contributed by atoms with Gasteiger partial charge in [0.15, 0.2) is 6.10 Å². The van der Waals surface area contributed by atoms with Crippen LogP contribution in [-0.2, 0) is 9.59 Å². The highest BCUT2D eigenvalue weighted by Gasteiger charge is 2.35. The van der Waals surface area contributed by atoms with Crippen molar-refractivity contribution < 1.29 is 19.2 Å². The molecule has 8 nitrogen and oxygen atoms in total. The summed E-state index contributed by atoms with van der Waals surface area (Å²) < 4.78 is 5.63. The molecule has 3 rings (SSSR count). The predicted octanol–water partition coefficient (Wildman–Crippen LogP) is 3.05. The van der Waals surface area contributed by atoms with E-state index in [0.29, 0.717) is 17.9 Å². The number of hydrogen-bond acceptors (Lipinski definition) is 5. The van der Waals surface area contributed by atoms with E-state index in [1.807, 2.05) is 25.1 Å². The quantitative estimate of drug-likeness (QED) is 0.645.